The van der Waals surface area contributed by atoms with Gasteiger partial charge in [0, 0.05) is 33.6 Å². The first kappa shape index (κ1) is 61.9. The Bertz CT molecular complexity index is 1830. The van der Waals surface area contributed by atoms with E-state index in [0.29, 0.717) is 51.6 Å². The summed E-state index contributed by atoms with van der Waals surface area (Å²) in [4.78, 5) is 140. The highest BCUT2D eigenvalue weighted by atomic mass is 16.3. The fraction of sp³-hybridized carbons (Fsp3) is 0.761. The van der Waals surface area contributed by atoms with Gasteiger partial charge in [-0.25, -0.2) is 0 Å². The average molecular weight is 994 g/mol. The minimum atomic E-state index is -1.62. The highest BCUT2D eigenvalue weighted by Gasteiger charge is 2.40. The van der Waals surface area contributed by atoms with Crippen molar-refractivity contribution in [1.82, 2.24) is 52.3 Å². The maximum absolute atomic E-state index is 14.2. The highest BCUT2D eigenvalue weighted by molar-refractivity contribution is 5.98. The summed E-state index contributed by atoms with van der Waals surface area (Å²) in [6, 6.07) is -8.31. The molecule has 0 saturated carbocycles. The Balaban J connectivity index is 3.30. The number of nitrogens with two attached hydrogens (primary N) is 2. The van der Waals surface area contributed by atoms with Crippen molar-refractivity contribution in [3.05, 3.63) is 0 Å². The number of guanidine groups is 1. The first-order valence-corrected chi connectivity index (χ1v) is 24.5. The Morgan fingerprint density at radius 1 is 0.686 bits per heavy atom. The smallest absolute Gasteiger partial charge is 0.245 e. The SMILES string of the molecule is CCC[C@H](NC(=O)[C@@H](NC(=O)[C@H](NC(=O)[C@@H](NC(=O)CNC(=O)CN(C)C(C)=O)C(C)C)[C@@H](C)CC)[C@@H](C)O)C(=O)N[C@H](C(=O)N[C@@H](CCCN=C(N)N)C(=O)N1CCC[C@@H]1C(=O)NCC)[C@@H](C)CC. The van der Waals surface area contributed by atoms with Crippen LogP contribution in [0.4, 0.5) is 0 Å². The lowest BCUT2D eigenvalue weighted by atomic mass is 9.95. The van der Waals surface area contributed by atoms with Gasteiger partial charge < -0.3 is 68.9 Å². The molecule has 1 heterocycles. The molecule has 0 aliphatic carbocycles. The third-order valence-corrected chi connectivity index (χ3v) is 12.2. The molecule has 10 amide bonds. The van der Waals surface area contributed by atoms with Crippen LogP contribution >= 0.6 is 0 Å². The molecule has 0 radical (unpaired) electrons. The number of hydrogen-bond acceptors (Lipinski definition) is 12. The van der Waals surface area contributed by atoms with Crippen LogP contribution in [0.1, 0.15) is 121 Å². The molecule has 0 aromatic rings. The molecule has 1 saturated heterocycles. The van der Waals surface area contributed by atoms with Crippen molar-refractivity contribution in [1.29, 1.82) is 0 Å². The Labute approximate surface area is 412 Å². The molecule has 0 aromatic heterocycles. The summed E-state index contributed by atoms with van der Waals surface area (Å²) in [7, 11) is 1.42. The van der Waals surface area contributed by atoms with E-state index in [-0.39, 0.29) is 43.7 Å². The van der Waals surface area contributed by atoms with Crippen molar-refractivity contribution in [2.24, 2.45) is 34.2 Å². The lowest BCUT2D eigenvalue weighted by Crippen LogP contribution is -2.63. The van der Waals surface area contributed by atoms with E-state index in [2.05, 4.69) is 47.5 Å². The van der Waals surface area contributed by atoms with Gasteiger partial charge in [-0.3, -0.25) is 52.9 Å². The second kappa shape index (κ2) is 31.2. The Kier molecular flexibility index (Phi) is 27.6. The number of aliphatic hydroxyl groups excluding tert-OH is 1. The van der Waals surface area contributed by atoms with Gasteiger partial charge >= 0.3 is 0 Å². The molecule has 24 heteroatoms. The van der Waals surface area contributed by atoms with Crippen molar-refractivity contribution in [3.8, 4) is 0 Å². The van der Waals surface area contributed by atoms with E-state index in [0.717, 1.165) is 4.90 Å². The van der Waals surface area contributed by atoms with E-state index in [1.54, 1.807) is 48.5 Å². The van der Waals surface area contributed by atoms with Crippen LogP contribution in [0.2, 0.25) is 0 Å². The molecule has 0 bridgehead atoms. The van der Waals surface area contributed by atoms with E-state index in [9.17, 15) is 53.1 Å². The van der Waals surface area contributed by atoms with Crippen molar-refractivity contribution < 1.29 is 53.1 Å². The zero-order chi connectivity index (χ0) is 53.4. The zero-order valence-electron chi connectivity index (χ0n) is 43.1. The topological polar surface area (TPSA) is 358 Å². The maximum Gasteiger partial charge on any atom is 0.245 e. The normalized spacial score (nSPS) is 17.1. The number of carbonyl (C=O) groups is 10. The molecule has 1 aliphatic rings. The molecule has 1 aliphatic heterocycles. The molecule has 1 rings (SSSR count). The lowest BCUT2D eigenvalue weighted by Gasteiger charge is -2.32. The van der Waals surface area contributed by atoms with Crippen molar-refractivity contribution in [2.75, 3.05) is 39.8 Å². The molecule has 1 fully saturated rings. The van der Waals surface area contributed by atoms with Crippen LogP contribution in [0, 0.1) is 17.8 Å². The van der Waals surface area contributed by atoms with Crippen LogP contribution in [0.25, 0.3) is 0 Å². The van der Waals surface area contributed by atoms with Gasteiger partial charge in [0.05, 0.1) is 19.2 Å². The molecule has 0 unspecified atom stereocenters. The fourth-order valence-electron chi connectivity index (χ4n) is 7.51. The van der Waals surface area contributed by atoms with Gasteiger partial charge in [-0.15, -0.1) is 0 Å². The van der Waals surface area contributed by atoms with Gasteiger partial charge in [-0.2, -0.15) is 0 Å². The number of likely N-dealkylation sites (N-methyl/N-ethyl adjacent to an activating group) is 2. The van der Waals surface area contributed by atoms with Crippen LogP contribution < -0.4 is 54.0 Å². The highest BCUT2D eigenvalue weighted by Crippen LogP contribution is 2.21. The number of rotatable bonds is 30. The van der Waals surface area contributed by atoms with Gasteiger partial charge in [-0.1, -0.05) is 67.7 Å². The van der Waals surface area contributed by atoms with E-state index in [1.165, 1.54) is 25.8 Å². The van der Waals surface area contributed by atoms with Crippen LogP contribution in [-0.4, -0.2) is 168 Å². The summed E-state index contributed by atoms with van der Waals surface area (Å²) in [6.07, 6.45) is 1.22. The van der Waals surface area contributed by atoms with Gasteiger partial charge in [0.25, 0.3) is 0 Å². The van der Waals surface area contributed by atoms with Crippen molar-refractivity contribution in [3.63, 3.8) is 0 Å². The predicted molar refractivity (Wildman–Crippen MR) is 262 cm³/mol. The average Bonchev–Trinajstić information content (AvgIpc) is 3.80. The van der Waals surface area contributed by atoms with Gasteiger partial charge in [-0.05, 0) is 63.7 Å². The third kappa shape index (κ3) is 20.5. The number of aliphatic hydroxyl groups is 1. The lowest BCUT2D eigenvalue weighted by molar-refractivity contribution is -0.142. The minimum Gasteiger partial charge on any atom is -0.391 e. The number of aliphatic imine (C=N–C) groups is 1. The molecule has 13 N–H and O–H groups in total. The van der Waals surface area contributed by atoms with E-state index in [4.69, 9.17) is 11.5 Å². The molecule has 398 valence electrons. The van der Waals surface area contributed by atoms with E-state index in [1.807, 2.05) is 6.92 Å². The summed E-state index contributed by atoms with van der Waals surface area (Å²) in [5, 5.41) is 31.9. The summed E-state index contributed by atoms with van der Waals surface area (Å²) in [6.45, 7) is 16.5. The second-order valence-electron chi connectivity index (χ2n) is 18.4. The predicted octanol–water partition coefficient (Wildman–Crippen LogP) is -2.40. The van der Waals surface area contributed by atoms with Crippen LogP contribution in [0.15, 0.2) is 4.99 Å². The number of nitrogens with one attached hydrogen (secondary N) is 8. The first-order chi connectivity index (χ1) is 32.8. The number of hydrogen-bond donors (Lipinski definition) is 11. The fourth-order valence-corrected chi connectivity index (χ4v) is 7.51. The molecule has 24 nitrogen and oxygen atoms in total. The summed E-state index contributed by atoms with van der Waals surface area (Å²) >= 11 is 0. The van der Waals surface area contributed by atoms with Crippen LogP contribution in [-0.2, 0) is 47.9 Å². The maximum atomic E-state index is 14.2. The first-order valence-electron chi connectivity index (χ1n) is 24.5. The Morgan fingerprint density at radius 2 is 1.21 bits per heavy atom. The molecule has 0 spiro atoms. The van der Waals surface area contributed by atoms with Crippen molar-refractivity contribution >= 4 is 65.0 Å². The molecule has 10 atom stereocenters. The molecule has 70 heavy (non-hydrogen) atoms. The number of nitrogens with zero attached hydrogens (tertiary/aromatic N) is 3. The number of likely N-dealkylation sites (tertiary alicyclic amines) is 1. The molecule has 0 aromatic carbocycles. The second-order valence-corrected chi connectivity index (χ2v) is 18.4. The number of amides is 10. The zero-order valence-corrected chi connectivity index (χ0v) is 43.1. The largest absolute Gasteiger partial charge is 0.391 e. The van der Waals surface area contributed by atoms with E-state index < -0.39 is 120 Å². The summed E-state index contributed by atoms with van der Waals surface area (Å²) < 4.78 is 0. The Hall–Kier alpha value is -6.07. The minimum absolute atomic E-state index is 0.0853. The Morgan fingerprint density at radius 3 is 1.73 bits per heavy atom. The quantitative estimate of drug-likeness (QED) is 0.0203. The number of carbonyl (C=O) groups excluding carboxylic acids is 10. The molecular formula is C46H83N13O11. The van der Waals surface area contributed by atoms with Gasteiger partial charge in [0.1, 0.15) is 42.3 Å². The summed E-state index contributed by atoms with van der Waals surface area (Å²) in [5.41, 5.74) is 11.0. The van der Waals surface area contributed by atoms with Crippen LogP contribution in [0.3, 0.4) is 0 Å². The van der Waals surface area contributed by atoms with Crippen LogP contribution in [0.5, 0.6) is 0 Å². The van der Waals surface area contributed by atoms with Crippen molar-refractivity contribution in [2.45, 2.75) is 169 Å². The third-order valence-electron chi connectivity index (χ3n) is 12.2. The van der Waals surface area contributed by atoms with Gasteiger partial charge in [0.15, 0.2) is 5.96 Å². The monoisotopic (exact) mass is 994 g/mol. The summed E-state index contributed by atoms with van der Waals surface area (Å²) in [5.74, 6) is -7.96. The molecular weight excluding hydrogens is 911 g/mol. The van der Waals surface area contributed by atoms with E-state index >= 15 is 0 Å². The standard InChI is InChI=1S/C46H83N13O11/c1-12-18-30(39(64)55-36(26(7)13-2)42(67)53-31(19-16-21-50-46(47)48)45(70)59-22-17-20-32(59)40(65)49-15-4)52-44(69)38(28(9)60)57-43(68)37(27(8)14-3)56-41(66)35(25(5)6)54-33(62)23-51-34(63)24-58(11)29(10)61/h25-28,30-32,35-38,60H,12-24H2,1-11H3,(H,49,65)(H,51,63)(H,52,69)(H,53,67)(H,54,62)(H,55,64)(H,56,66)(H,57,68)(H4,47,48,50)/t26-,27-,28+,30-,31-,32+,35-,36-,37+,38-/m0/s1. The van der Waals surface area contributed by atoms with Gasteiger partial charge in [0.2, 0.25) is 59.1 Å².